The molecular formula is C46H81N7O19. The lowest BCUT2D eigenvalue weighted by molar-refractivity contribution is -0.270. The maximum atomic E-state index is 13.0. The van der Waals surface area contributed by atoms with E-state index in [0.29, 0.717) is 64.6 Å². The van der Waals surface area contributed by atoms with Crippen molar-refractivity contribution in [2.45, 2.75) is 166 Å². The summed E-state index contributed by atoms with van der Waals surface area (Å²) in [7, 11) is 0. The number of carbonyl (C=O) groups excluding carboxylic acids is 8. The molecule has 2 aliphatic heterocycles. The minimum absolute atomic E-state index is 0.00752. The van der Waals surface area contributed by atoms with Crippen LogP contribution in [0, 0.1) is 0 Å². The number of nitrogens with zero attached hydrogens (tertiary/aromatic N) is 1. The SMILES string of the molecule is CC(=O)CCCC(=O)N(CCOCCC(=O)NCCCNC(=O)CCCCOC1OC(CO)C(O)C(O)C1NC(C)=O)CCC(=O)NCCCNC(=O)CCCCOC1OC(CO)C(O)C(O)C1NC(C)=O. The Kier molecular flexibility index (Phi) is 32.2. The van der Waals surface area contributed by atoms with E-state index in [1.54, 1.807) is 0 Å². The van der Waals surface area contributed by atoms with Crippen LogP contribution in [-0.4, -0.2) is 223 Å². The highest BCUT2D eigenvalue weighted by Crippen LogP contribution is 2.24. The van der Waals surface area contributed by atoms with E-state index in [2.05, 4.69) is 31.9 Å². The average molecular weight is 1040 g/mol. The molecule has 7 amide bonds. The number of Topliss-reactive ketones (excluding diaryl/α,β-unsaturated/α-hetero) is 1. The van der Waals surface area contributed by atoms with Crippen LogP contribution in [-0.2, 0) is 62.0 Å². The van der Waals surface area contributed by atoms with E-state index in [-0.39, 0.29) is 120 Å². The van der Waals surface area contributed by atoms with Crippen LogP contribution >= 0.6 is 0 Å². The second-order valence-corrected chi connectivity index (χ2v) is 17.7. The van der Waals surface area contributed by atoms with E-state index in [1.165, 1.54) is 25.7 Å². The van der Waals surface area contributed by atoms with Crippen molar-refractivity contribution < 1.29 is 92.7 Å². The molecule has 0 spiro atoms. The number of amides is 7. The van der Waals surface area contributed by atoms with Crippen molar-refractivity contribution in [1.29, 1.82) is 0 Å². The minimum Gasteiger partial charge on any atom is -0.394 e. The van der Waals surface area contributed by atoms with Crippen LogP contribution in [0.25, 0.3) is 0 Å². The second-order valence-electron chi connectivity index (χ2n) is 17.7. The van der Waals surface area contributed by atoms with Gasteiger partial charge in [0.1, 0.15) is 54.5 Å². The lowest BCUT2D eigenvalue weighted by atomic mass is 9.97. The number of rotatable bonds is 37. The molecule has 26 heteroatoms. The van der Waals surface area contributed by atoms with Gasteiger partial charge in [0.15, 0.2) is 12.6 Å². The third-order valence-electron chi connectivity index (χ3n) is 11.5. The second kappa shape index (κ2) is 36.4. The van der Waals surface area contributed by atoms with Gasteiger partial charge < -0.3 is 95.9 Å². The predicted octanol–water partition coefficient (Wildman–Crippen LogP) is -4.12. The summed E-state index contributed by atoms with van der Waals surface area (Å²) < 4.78 is 27.9. The fourth-order valence-electron chi connectivity index (χ4n) is 7.53. The fourth-order valence-corrected chi connectivity index (χ4v) is 7.53. The summed E-state index contributed by atoms with van der Waals surface area (Å²) in [5, 5.41) is 75.9. The molecule has 2 aliphatic rings. The molecule has 0 aromatic rings. The summed E-state index contributed by atoms with van der Waals surface area (Å²) >= 11 is 0. The van der Waals surface area contributed by atoms with Gasteiger partial charge in [0.2, 0.25) is 41.4 Å². The largest absolute Gasteiger partial charge is 0.394 e. The highest BCUT2D eigenvalue weighted by Gasteiger charge is 2.46. The molecule has 0 aromatic heterocycles. The molecule has 10 atom stereocenters. The number of hydrogen-bond acceptors (Lipinski definition) is 19. The molecular weight excluding hydrogens is 955 g/mol. The van der Waals surface area contributed by atoms with Crippen molar-refractivity contribution in [2.75, 3.05) is 78.9 Å². The van der Waals surface area contributed by atoms with E-state index in [0.717, 1.165) is 0 Å². The highest BCUT2D eigenvalue weighted by molar-refractivity contribution is 5.80. The van der Waals surface area contributed by atoms with Crippen molar-refractivity contribution >= 4 is 47.1 Å². The number of unbranched alkanes of at least 4 members (excludes halogenated alkanes) is 2. The first-order chi connectivity index (χ1) is 34.4. The quantitative estimate of drug-likeness (QED) is 0.0263. The minimum atomic E-state index is -1.42. The molecule has 0 aliphatic carbocycles. The molecule has 0 saturated carbocycles. The molecule has 2 fully saturated rings. The molecule has 0 aromatic carbocycles. The summed E-state index contributed by atoms with van der Waals surface area (Å²) in [5.74, 6) is -2.19. The third-order valence-corrected chi connectivity index (χ3v) is 11.5. The number of aliphatic hydroxyl groups excluding tert-OH is 6. The van der Waals surface area contributed by atoms with E-state index in [9.17, 15) is 69.0 Å². The number of ketones is 1. The number of aliphatic hydroxyl groups is 6. The van der Waals surface area contributed by atoms with Gasteiger partial charge >= 0.3 is 0 Å². The normalized spacial score (nSPS) is 23.8. The topological polar surface area (TPSA) is 380 Å². The highest BCUT2D eigenvalue weighted by atomic mass is 16.7. The van der Waals surface area contributed by atoms with Crippen LogP contribution in [0.1, 0.15) is 104 Å². The molecule has 10 unspecified atom stereocenters. The number of carbonyl (C=O) groups is 8. The Hall–Kier alpha value is -4.48. The van der Waals surface area contributed by atoms with Gasteiger partial charge in [-0.2, -0.15) is 0 Å². The first-order valence-electron chi connectivity index (χ1n) is 24.8. The van der Waals surface area contributed by atoms with Crippen LogP contribution in [0.5, 0.6) is 0 Å². The fraction of sp³-hybridized carbons (Fsp3) is 0.826. The monoisotopic (exact) mass is 1040 g/mol. The number of nitrogens with one attached hydrogen (secondary N) is 6. The van der Waals surface area contributed by atoms with Gasteiger partial charge in [0, 0.05) is 105 Å². The van der Waals surface area contributed by atoms with Crippen LogP contribution in [0.2, 0.25) is 0 Å². The summed E-state index contributed by atoms with van der Waals surface area (Å²) in [6.07, 6.45) is -6.17. The van der Waals surface area contributed by atoms with Gasteiger partial charge in [-0.3, -0.25) is 33.6 Å². The molecule has 12 N–H and O–H groups in total. The third kappa shape index (κ3) is 26.0. The van der Waals surface area contributed by atoms with Crippen LogP contribution in [0.15, 0.2) is 0 Å². The summed E-state index contributed by atoms with van der Waals surface area (Å²) in [6.45, 7) is 4.72. The zero-order chi connectivity index (χ0) is 53.4. The van der Waals surface area contributed by atoms with Gasteiger partial charge in [0.05, 0.1) is 26.4 Å². The Morgan fingerprint density at radius 2 is 0.903 bits per heavy atom. The van der Waals surface area contributed by atoms with Crippen molar-refractivity contribution in [3.05, 3.63) is 0 Å². The summed E-state index contributed by atoms with van der Waals surface area (Å²) in [4.78, 5) is 98.6. The van der Waals surface area contributed by atoms with Crippen molar-refractivity contribution in [3.8, 4) is 0 Å². The lowest BCUT2D eigenvalue weighted by Gasteiger charge is -2.42. The molecule has 414 valence electrons. The van der Waals surface area contributed by atoms with Gasteiger partial charge in [-0.05, 0) is 51.9 Å². The van der Waals surface area contributed by atoms with Crippen molar-refractivity contribution in [1.82, 2.24) is 36.8 Å². The maximum absolute atomic E-state index is 13.0. The first-order valence-corrected chi connectivity index (χ1v) is 24.8. The Bertz CT molecular complexity index is 1670. The molecule has 0 bridgehead atoms. The Labute approximate surface area is 420 Å². The Morgan fingerprint density at radius 3 is 1.32 bits per heavy atom. The molecule has 72 heavy (non-hydrogen) atoms. The summed E-state index contributed by atoms with van der Waals surface area (Å²) in [5.41, 5.74) is 0. The van der Waals surface area contributed by atoms with Gasteiger partial charge in [-0.15, -0.1) is 0 Å². The smallest absolute Gasteiger partial charge is 0.222 e. The average Bonchev–Trinajstić information content (AvgIpc) is 3.33. The van der Waals surface area contributed by atoms with Gasteiger partial charge in [0.25, 0.3) is 0 Å². The zero-order valence-corrected chi connectivity index (χ0v) is 41.9. The molecule has 2 rings (SSSR count). The Morgan fingerprint density at radius 1 is 0.472 bits per heavy atom. The van der Waals surface area contributed by atoms with E-state index in [4.69, 9.17) is 23.7 Å². The standard InChI is InChI=1S/C46H81N7O19/c1-29(56)11-8-14-38(63)53(21-15-36(61)49-19-9-17-47-34(59)12-4-6-23-69-45-39(51-30(2)57)43(66)41(64)32(27-54)71-45)22-26-68-25-16-37(62)50-20-10-18-48-35(60)13-5-7-24-70-46-40(52-31(3)58)44(67)42(65)33(28-55)72-46/h32-33,39-46,54-55,64-67H,4-28H2,1-3H3,(H,47,59)(H,48,60)(H,49,61)(H,50,62)(H,51,57)(H,52,58). The maximum Gasteiger partial charge on any atom is 0.222 e. The predicted molar refractivity (Wildman–Crippen MR) is 253 cm³/mol. The molecule has 2 heterocycles. The van der Waals surface area contributed by atoms with E-state index >= 15 is 0 Å². The van der Waals surface area contributed by atoms with E-state index in [1.807, 2.05) is 0 Å². The molecule has 26 nitrogen and oxygen atoms in total. The van der Waals surface area contributed by atoms with Gasteiger partial charge in [-0.25, -0.2) is 0 Å². The number of ether oxygens (including phenoxy) is 5. The van der Waals surface area contributed by atoms with E-state index < -0.39 is 86.3 Å². The zero-order valence-electron chi connectivity index (χ0n) is 41.9. The summed E-state index contributed by atoms with van der Waals surface area (Å²) in [6, 6.07) is -2.10. The van der Waals surface area contributed by atoms with Gasteiger partial charge in [-0.1, -0.05) is 0 Å². The molecule has 0 radical (unpaired) electrons. The van der Waals surface area contributed by atoms with Crippen LogP contribution in [0.4, 0.5) is 0 Å². The van der Waals surface area contributed by atoms with Crippen LogP contribution in [0.3, 0.4) is 0 Å². The van der Waals surface area contributed by atoms with Crippen LogP contribution < -0.4 is 31.9 Å². The number of hydrogen-bond donors (Lipinski definition) is 12. The first kappa shape index (κ1) is 63.6. The lowest BCUT2D eigenvalue weighted by Crippen LogP contribution is -2.64. The Balaban J connectivity index is 1.57. The molecule has 2 saturated heterocycles. The van der Waals surface area contributed by atoms with Crippen molar-refractivity contribution in [3.63, 3.8) is 0 Å². The van der Waals surface area contributed by atoms with Crippen molar-refractivity contribution in [2.24, 2.45) is 0 Å².